The Balaban J connectivity index is 2.36. The van der Waals surface area contributed by atoms with E-state index in [1.165, 1.54) is 26.2 Å². The van der Waals surface area contributed by atoms with Crippen molar-refractivity contribution < 1.29 is 27.5 Å². The van der Waals surface area contributed by atoms with E-state index in [-0.39, 0.29) is 17.3 Å². The fourth-order valence-corrected chi connectivity index (χ4v) is 2.60. The van der Waals surface area contributed by atoms with E-state index in [9.17, 15) is 18.0 Å². The first-order valence-electron chi connectivity index (χ1n) is 7.27. The highest BCUT2D eigenvalue weighted by Crippen LogP contribution is 2.16. The molecule has 9 heteroatoms. The van der Waals surface area contributed by atoms with Gasteiger partial charge in [-0.2, -0.15) is 0 Å². The number of furan rings is 1. The molecule has 0 fully saturated rings. The number of amides is 1. The Morgan fingerprint density at radius 3 is 2.43 bits per heavy atom. The van der Waals surface area contributed by atoms with Crippen LogP contribution in [0.25, 0.3) is 0 Å². The Kier molecular flexibility index (Phi) is 7.24. The van der Waals surface area contributed by atoms with Crippen molar-refractivity contribution in [2.45, 2.75) is 37.2 Å². The summed E-state index contributed by atoms with van der Waals surface area (Å²) in [6.45, 7) is 0.419. The van der Waals surface area contributed by atoms with Crippen LogP contribution in [0.4, 0.5) is 0 Å². The molecule has 0 aliphatic heterocycles. The van der Waals surface area contributed by atoms with Gasteiger partial charge in [-0.05, 0) is 25.0 Å². The number of aliphatic carboxylic acids is 1. The van der Waals surface area contributed by atoms with Crippen LogP contribution in [-0.2, 0) is 14.8 Å². The number of carbonyl (C=O) groups is 2. The predicted octanol–water partition coefficient (Wildman–Crippen LogP) is 1.29. The molecule has 0 bridgehead atoms. The Hall–Kier alpha value is -1.87. The first kappa shape index (κ1) is 19.2. The first-order valence-corrected chi connectivity index (χ1v) is 8.71. The molecule has 0 spiro atoms. The zero-order chi connectivity index (χ0) is 17.5. The summed E-state index contributed by atoms with van der Waals surface area (Å²) in [5.74, 6) is -1.34. The molecule has 0 saturated heterocycles. The maximum atomic E-state index is 11.8. The SMILES string of the molecule is CN(C)S(=O)(=O)c1ccc(C(=O)NCCCCCCC(=O)O)o1. The van der Waals surface area contributed by atoms with Crippen LogP contribution in [-0.4, -0.2) is 50.3 Å². The summed E-state index contributed by atoms with van der Waals surface area (Å²) in [6.07, 6.45) is 3.09. The molecule has 0 radical (unpaired) electrons. The number of nitrogens with zero attached hydrogens (tertiary/aromatic N) is 1. The van der Waals surface area contributed by atoms with Gasteiger partial charge in [0.15, 0.2) is 5.76 Å². The fraction of sp³-hybridized carbons (Fsp3) is 0.571. The summed E-state index contributed by atoms with van der Waals surface area (Å²) in [5, 5.41) is 10.9. The third-order valence-corrected chi connectivity index (χ3v) is 4.83. The minimum absolute atomic E-state index is 0.0590. The highest BCUT2D eigenvalue weighted by atomic mass is 32.2. The molecule has 1 aromatic heterocycles. The van der Waals surface area contributed by atoms with E-state index in [2.05, 4.69) is 5.32 Å². The van der Waals surface area contributed by atoms with E-state index >= 15 is 0 Å². The van der Waals surface area contributed by atoms with Gasteiger partial charge < -0.3 is 14.8 Å². The molecule has 0 atom stereocenters. The van der Waals surface area contributed by atoms with Gasteiger partial charge in [0, 0.05) is 27.1 Å². The van der Waals surface area contributed by atoms with Crippen LogP contribution < -0.4 is 5.32 Å². The molecule has 0 aliphatic rings. The molecule has 0 aliphatic carbocycles. The van der Waals surface area contributed by atoms with Crippen molar-refractivity contribution in [3.8, 4) is 0 Å². The minimum atomic E-state index is -3.69. The summed E-state index contributed by atoms with van der Waals surface area (Å²) in [4.78, 5) is 22.2. The van der Waals surface area contributed by atoms with Crippen molar-refractivity contribution in [3.05, 3.63) is 17.9 Å². The van der Waals surface area contributed by atoms with E-state index in [0.29, 0.717) is 13.0 Å². The molecule has 1 aromatic rings. The van der Waals surface area contributed by atoms with E-state index in [1.807, 2.05) is 0 Å². The number of rotatable bonds is 10. The average Bonchev–Trinajstić information content (AvgIpc) is 2.96. The number of nitrogens with one attached hydrogen (secondary N) is 1. The van der Waals surface area contributed by atoms with Crippen molar-refractivity contribution >= 4 is 21.9 Å². The highest BCUT2D eigenvalue weighted by Gasteiger charge is 2.23. The second-order valence-electron chi connectivity index (χ2n) is 5.22. The Morgan fingerprint density at radius 1 is 1.17 bits per heavy atom. The molecule has 2 N–H and O–H groups in total. The van der Waals surface area contributed by atoms with Crippen molar-refractivity contribution in [1.82, 2.24) is 9.62 Å². The van der Waals surface area contributed by atoms with E-state index in [0.717, 1.165) is 23.6 Å². The highest BCUT2D eigenvalue weighted by molar-refractivity contribution is 7.88. The second-order valence-corrected chi connectivity index (χ2v) is 7.30. The van der Waals surface area contributed by atoms with Crippen LogP contribution in [0.3, 0.4) is 0 Å². The van der Waals surface area contributed by atoms with Gasteiger partial charge in [0.2, 0.25) is 5.09 Å². The summed E-state index contributed by atoms with van der Waals surface area (Å²) >= 11 is 0. The van der Waals surface area contributed by atoms with Crippen molar-refractivity contribution in [2.75, 3.05) is 20.6 Å². The van der Waals surface area contributed by atoms with Crippen molar-refractivity contribution in [1.29, 1.82) is 0 Å². The van der Waals surface area contributed by atoms with Crippen LogP contribution in [0.15, 0.2) is 21.6 Å². The lowest BCUT2D eigenvalue weighted by atomic mass is 10.1. The molecule has 0 unspecified atom stereocenters. The normalized spacial score (nSPS) is 11.6. The van der Waals surface area contributed by atoms with E-state index < -0.39 is 21.9 Å². The number of hydrogen-bond acceptors (Lipinski definition) is 5. The quantitative estimate of drug-likeness (QED) is 0.617. The molecule has 8 nitrogen and oxygen atoms in total. The molecule has 130 valence electrons. The van der Waals surface area contributed by atoms with Gasteiger partial charge in [-0.3, -0.25) is 9.59 Å². The van der Waals surface area contributed by atoms with Crippen LogP contribution in [0, 0.1) is 0 Å². The molecule has 23 heavy (non-hydrogen) atoms. The maximum absolute atomic E-state index is 11.8. The molecule has 1 amide bonds. The third kappa shape index (κ3) is 6.03. The van der Waals surface area contributed by atoms with Crippen LogP contribution in [0.2, 0.25) is 0 Å². The van der Waals surface area contributed by atoms with Crippen LogP contribution in [0.5, 0.6) is 0 Å². The molecule has 0 aromatic carbocycles. The monoisotopic (exact) mass is 346 g/mol. The number of carboxylic acid groups (broad SMARTS) is 1. The number of carbonyl (C=O) groups excluding carboxylic acids is 1. The summed E-state index contributed by atoms with van der Waals surface area (Å²) in [6, 6.07) is 2.56. The Labute approximate surface area is 135 Å². The van der Waals surface area contributed by atoms with Gasteiger partial charge >= 0.3 is 5.97 Å². The largest absolute Gasteiger partial charge is 0.481 e. The standard InChI is InChI=1S/C14H22N2O6S/c1-16(2)23(20,21)13-9-8-11(22-13)14(19)15-10-6-4-3-5-7-12(17)18/h8-9H,3-7,10H2,1-2H3,(H,15,19)(H,17,18). The topological polar surface area (TPSA) is 117 Å². The Morgan fingerprint density at radius 2 is 1.83 bits per heavy atom. The molecular weight excluding hydrogens is 324 g/mol. The van der Waals surface area contributed by atoms with Gasteiger partial charge in [-0.25, -0.2) is 12.7 Å². The lowest BCUT2D eigenvalue weighted by Crippen LogP contribution is -2.24. The van der Waals surface area contributed by atoms with Crippen molar-refractivity contribution in [2.24, 2.45) is 0 Å². The third-order valence-electron chi connectivity index (χ3n) is 3.14. The number of unbranched alkanes of at least 4 members (excludes halogenated alkanes) is 3. The minimum Gasteiger partial charge on any atom is -0.481 e. The number of sulfonamides is 1. The van der Waals surface area contributed by atoms with Gasteiger partial charge in [-0.15, -0.1) is 0 Å². The molecule has 0 saturated carbocycles. The maximum Gasteiger partial charge on any atom is 0.303 e. The van der Waals surface area contributed by atoms with Crippen molar-refractivity contribution in [3.63, 3.8) is 0 Å². The number of carboxylic acids is 1. The first-order chi connectivity index (χ1) is 10.7. The lowest BCUT2D eigenvalue weighted by Gasteiger charge is -2.07. The summed E-state index contributed by atoms with van der Waals surface area (Å²) in [7, 11) is -0.939. The molecule has 1 heterocycles. The van der Waals surface area contributed by atoms with Gasteiger partial charge in [0.05, 0.1) is 0 Å². The second kappa shape index (κ2) is 8.68. The Bertz CT molecular complexity index is 635. The number of hydrogen-bond donors (Lipinski definition) is 2. The molecular formula is C14H22N2O6S. The van der Waals surface area contributed by atoms with Gasteiger partial charge in [0.25, 0.3) is 15.9 Å². The summed E-state index contributed by atoms with van der Waals surface area (Å²) in [5.41, 5.74) is 0. The smallest absolute Gasteiger partial charge is 0.303 e. The summed E-state index contributed by atoms with van der Waals surface area (Å²) < 4.78 is 29.8. The lowest BCUT2D eigenvalue weighted by molar-refractivity contribution is -0.137. The van der Waals surface area contributed by atoms with Gasteiger partial charge in [-0.1, -0.05) is 12.8 Å². The molecule has 1 rings (SSSR count). The van der Waals surface area contributed by atoms with Crippen LogP contribution in [0.1, 0.15) is 42.7 Å². The van der Waals surface area contributed by atoms with Gasteiger partial charge in [0.1, 0.15) is 0 Å². The van der Waals surface area contributed by atoms with Crippen LogP contribution >= 0.6 is 0 Å². The zero-order valence-corrected chi connectivity index (χ0v) is 14.1. The average molecular weight is 346 g/mol. The van der Waals surface area contributed by atoms with E-state index in [1.54, 1.807) is 0 Å². The van der Waals surface area contributed by atoms with E-state index in [4.69, 9.17) is 9.52 Å². The zero-order valence-electron chi connectivity index (χ0n) is 13.2. The predicted molar refractivity (Wildman–Crippen MR) is 82.6 cm³/mol. The fourth-order valence-electron chi connectivity index (χ4n) is 1.80.